The predicted molar refractivity (Wildman–Crippen MR) is 215 cm³/mol. The highest BCUT2D eigenvalue weighted by Gasteiger charge is 2.44. The summed E-state index contributed by atoms with van der Waals surface area (Å²) >= 11 is 0. The van der Waals surface area contributed by atoms with Gasteiger partial charge in [0.05, 0.1) is 23.2 Å². The van der Waals surface area contributed by atoms with Crippen molar-refractivity contribution in [2.45, 2.75) is 170 Å². The largest absolute Gasteiger partial charge is 0.481 e. The highest BCUT2D eigenvalue weighted by Crippen LogP contribution is 2.43. The Morgan fingerprint density at radius 3 is 2.04 bits per heavy atom. The Hall–Kier alpha value is -2.08. The van der Waals surface area contributed by atoms with Gasteiger partial charge in [0.1, 0.15) is 11.6 Å². The van der Waals surface area contributed by atoms with Gasteiger partial charge < -0.3 is 18.5 Å². The van der Waals surface area contributed by atoms with E-state index in [9.17, 15) is 14.7 Å². The number of imidazole rings is 1. The molecule has 7 nitrogen and oxygen atoms in total. The molecule has 2 aromatic rings. The molecule has 0 radical (unpaired) electrons. The van der Waals surface area contributed by atoms with Crippen LogP contribution in [0.5, 0.6) is 0 Å². The van der Waals surface area contributed by atoms with Crippen molar-refractivity contribution in [3.63, 3.8) is 0 Å². The minimum atomic E-state index is -2.18. The summed E-state index contributed by atoms with van der Waals surface area (Å²) in [5.41, 5.74) is 3.93. The fourth-order valence-corrected chi connectivity index (χ4v) is 8.90. The number of nitrogens with zero attached hydrogens (tertiary/aromatic N) is 2. The van der Waals surface area contributed by atoms with E-state index in [1.807, 2.05) is 27.7 Å². The molecule has 1 N–H and O–H groups in total. The number of carboxylic acid groups (broad SMARTS) is 1. The van der Waals surface area contributed by atoms with Gasteiger partial charge in [-0.15, -0.1) is 0 Å². The summed E-state index contributed by atoms with van der Waals surface area (Å²) in [7, 11) is -2.17. The molecule has 1 aromatic carbocycles. The van der Waals surface area contributed by atoms with Crippen LogP contribution in [-0.4, -0.2) is 49.1 Å². The molecule has 0 bridgehead atoms. The number of ketones is 1. The molecule has 50 heavy (non-hydrogen) atoms. The molecular weight excluding hydrogens is 657 g/mol. The van der Waals surface area contributed by atoms with Gasteiger partial charge in [0.25, 0.3) is 0 Å². The number of rotatable bonds is 18. The van der Waals surface area contributed by atoms with Gasteiger partial charge in [0, 0.05) is 24.8 Å². The lowest BCUT2D eigenvalue weighted by atomic mass is 9.74. The van der Waals surface area contributed by atoms with E-state index in [0.29, 0.717) is 6.42 Å². The highest BCUT2D eigenvalue weighted by atomic mass is 28.4. The van der Waals surface area contributed by atoms with Crippen LogP contribution >= 0.6 is 0 Å². The van der Waals surface area contributed by atoms with Crippen molar-refractivity contribution in [3.05, 3.63) is 41.2 Å². The van der Waals surface area contributed by atoms with Crippen LogP contribution in [0.4, 0.5) is 0 Å². The van der Waals surface area contributed by atoms with Crippen LogP contribution in [0.3, 0.4) is 0 Å². The van der Waals surface area contributed by atoms with E-state index in [1.54, 1.807) is 0 Å². The monoisotopic (exact) mass is 728 g/mol. The maximum atomic E-state index is 13.9. The van der Waals surface area contributed by atoms with Crippen LogP contribution < -0.4 is 0 Å². The van der Waals surface area contributed by atoms with E-state index in [2.05, 4.69) is 117 Å². The molecule has 284 valence electrons. The van der Waals surface area contributed by atoms with E-state index < -0.39 is 28.0 Å². The number of carbonyl (C=O) groups is 2. The standard InChI is InChI=1S/C41H72N2O5Si2/c1-28(21-24-35(47-49(14,15)39(5,6)7)32-22-23-34-33(27-32)42-31(4)43(34)13)19-18-20-29(2)37(48-50(16,17)40(8,9)10)30(3)38(46)41(11,12)26-25-36(44)45/h21-23,27,29-30,35,37H,18-20,24-26H2,1-17H3,(H,44,45)/t29-,30+,35-,37-/m0/s1. The molecule has 9 heteroatoms. The summed E-state index contributed by atoms with van der Waals surface area (Å²) in [6, 6.07) is 6.59. The van der Waals surface area contributed by atoms with Crippen LogP contribution in [0.2, 0.25) is 36.3 Å². The molecule has 0 spiro atoms. The molecule has 0 fully saturated rings. The molecule has 0 aliphatic heterocycles. The van der Waals surface area contributed by atoms with Crippen molar-refractivity contribution in [1.29, 1.82) is 0 Å². The number of hydrogen-bond acceptors (Lipinski definition) is 5. The van der Waals surface area contributed by atoms with Crippen molar-refractivity contribution in [2.75, 3.05) is 0 Å². The predicted octanol–water partition coefficient (Wildman–Crippen LogP) is 11.6. The average Bonchev–Trinajstić information content (AvgIpc) is 3.26. The van der Waals surface area contributed by atoms with E-state index in [4.69, 9.17) is 13.8 Å². The van der Waals surface area contributed by atoms with Gasteiger partial charge in [-0.05, 0) is 106 Å². The first-order chi connectivity index (χ1) is 22.6. The Labute approximate surface area is 307 Å². The van der Waals surface area contributed by atoms with Gasteiger partial charge >= 0.3 is 5.97 Å². The summed E-state index contributed by atoms with van der Waals surface area (Å²) in [5, 5.41) is 9.40. The number of aromatic nitrogens is 2. The quantitative estimate of drug-likeness (QED) is 0.121. The molecular formula is C41H72N2O5Si2. The first-order valence-corrected chi connectivity index (χ1v) is 24.6. The van der Waals surface area contributed by atoms with Crippen molar-refractivity contribution < 1.29 is 23.5 Å². The van der Waals surface area contributed by atoms with E-state index in [-0.39, 0.29) is 46.3 Å². The molecule has 0 amide bonds. The average molecular weight is 729 g/mol. The zero-order valence-electron chi connectivity index (χ0n) is 34.8. The van der Waals surface area contributed by atoms with E-state index in [0.717, 1.165) is 42.5 Å². The molecule has 1 heterocycles. The second-order valence-corrected chi connectivity index (χ2v) is 28.3. The van der Waals surface area contributed by atoms with Gasteiger partial charge in [-0.3, -0.25) is 9.59 Å². The maximum absolute atomic E-state index is 13.9. The lowest BCUT2D eigenvalue weighted by Gasteiger charge is -2.43. The van der Waals surface area contributed by atoms with Crippen molar-refractivity contribution >= 4 is 39.4 Å². The zero-order valence-corrected chi connectivity index (χ0v) is 36.8. The second-order valence-electron chi connectivity index (χ2n) is 18.8. The lowest BCUT2D eigenvalue weighted by Crippen LogP contribution is -2.50. The van der Waals surface area contributed by atoms with Crippen LogP contribution in [0.15, 0.2) is 29.8 Å². The Bertz CT molecular complexity index is 1490. The summed E-state index contributed by atoms with van der Waals surface area (Å²) in [6.45, 7) is 35.0. The van der Waals surface area contributed by atoms with Gasteiger partial charge in [0.2, 0.25) is 0 Å². The zero-order chi connectivity index (χ0) is 38.6. The third-order valence-corrected chi connectivity index (χ3v) is 20.9. The summed E-state index contributed by atoms with van der Waals surface area (Å²) in [4.78, 5) is 30.0. The molecule has 1 aromatic heterocycles. The lowest BCUT2D eigenvalue weighted by molar-refractivity contribution is -0.139. The molecule has 0 saturated carbocycles. The Balaban J connectivity index is 2.26. The highest BCUT2D eigenvalue weighted by molar-refractivity contribution is 6.74. The third kappa shape index (κ3) is 11.5. The fourth-order valence-electron chi connectivity index (χ4n) is 6.14. The number of aliphatic carboxylic acids is 1. The van der Waals surface area contributed by atoms with Crippen molar-refractivity contribution in [3.8, 4) is 0 Å². The number of Topliss-reactive ketones (excluding diaryl/α,β-unsaturated/α-hetero) is 1. The third-order valence-electron chi connectivity index (χ3n) is 12.0. The number of benzene rings is 1. The number of allylic oxidation sites excluding steroid dienone is 1. The minimum Gasteiger partial charge on any atom is -0.481 e. The first-order valence-electron chi connectivity index (χ1n) is 18.8. The number of carboxylic acids is 1. The molecule has 0 saturated heterocycles. The second kappa shape index (κ2) is 16.7. The maximum Gasteiger partial charge on any atom is 0.303 e. The fraction of sp³-hybridized carbons (Fsp3) is 0.732. The van der Waals surface area contributed by atoms with Crippen LogP contribution in [-0.2, 0) is 25.5 Å². The number of hydrogen-bond donors (Lipinski definition) is 1. The topological polar surface area (TPSA) is 90.7 Å². The Morgan fingerprint density at radius 1 is 0.940 bits per heavy atom. The normalized spacial score (nSPS) is 16.4. The Morgan fingerprint density at radius 2 is 1.50 bits per heavy atom. The molecule has 0 unspecified atom stereocenters. The summed E-state index contributed by atoms with van der Waals surface area (Å²) in [5.74, 6) is 0.0767. The van der Waals surface area contributed by atoms with Gasteiger partial charge in [0.15, 0.2) is 16.6 Å². The summed E-state index contributed by atoms with van der Waals surface area (Å²) < 4.78 is 16.2. The van der Waals surface area contributed by atoms with E-state index >= 15 is 0 Å². The van der Waals surface area contributed by atoms with Crippen LogP contribution in [0, 0.1) is 24.2 Å². The number of aryl methyl sites for hydroxylation is 2. The Kier molecular flexibility index (Phi) is 14.7. The number of fused-ring (bicyclic) bond motifs is 1. The van der Waals surface area contributed by atoms with Gasteiger partial charge in [-0.25, -0.2) is 4.98 Å². The van der Waals surface area contributed by atoms with E-state index in [1.165, 1.54) is 11.1 Å². The van der Waals surface area contributed by atoms with Gasteiger partial charge in [-0.2, -0.15) is 0 Å². The number of carbonyl (C=O) groups excluding carboxylic acids is 1. The molecule has 0 aliphatic rings. The summed E-state index contributed by atoms with van der Waals surface area (Å²) in [6.07, 6.45) is 6.12. The van der Waals surface area contributed by atoms with Gasteiger partial charge in [-0.1, -0.05) is 87.0 Å². The van der Waals surface area contributed by atoms with Crippen LogP contribution in [0.1, 0.15) is 132 Å². The van der Waals surface area contributed by atoms with Crippen LogP contribution in [0.25, 0.3) is 11.0 Å². The smallest absolute Gasteiger partial charge is 0.303 e. The van der Waals surface area contributed by atoms with Crippen molar-refractivity contribution in [1.82, 2.24) is 9.55 Å². The molecule has 2 rings (SSSR count). The first kappa shape index (κ1) is 44.1. The minimum absolute atomic E-state index is 0.00878. The SMILES string of the molecule is CC(=CC[C@H](O[Si](C)(C)C(C)(C)C)c1ccc2c(c1)nc(C)n2C)CCC[C@H](C)[C@H](O[Si](C)(C)C(C)(C)C)[C@@H](C)C(=O)C(C)(C)CCC(=O)O. The molecule has 4 atom stereocenters. The van der Waals surface area contributed by atoms with Crippen molar-refractivity contribution in [2.24, 2.45) is 24.3 Å². The molecule has 0 aliphatic carbocycles.